The van der Waals surface area contributed by atoms with Crippen molar-refractivity contribution in [2.24, 2.45) is 11.8 Å². The molecule has 39 heavy (non-hydrogen) atoms. The Kier molecular flexibility index (Phi) is 8.69. The van der Waals surface area contributed by atoms with Crippen molar-refractivity contribution in [3.8, 4) is 5.75 Å². The number of hydrogen-bond donors (Lipinski definition) is 2. The van der Waals surface area contributed by atoms with Crippen LogP contribution >= 0.6 is 0 Å². The van der Waals surface area contributed by atoms with E-state index in [4.69, 9.17) is 4.74 Å². The number of nitrogens with one attached hydrogen (secondary N) is 2. The van der Waals surface area contributed by atoms with Crippen molar-refractivity contribution in [3.63, 3.8) is 0 Å². The first-order chi connectivity index (χ1) is 19.0. The minimum atomic E-state index is -0.415. The van der Waals surface area contributed by atoms with Crippen LogP contribution in [0.5, 0.6) is 5.75 Å². The SMILES string of the molecule is CCOc1ccccc1NC(=O)N1CCCCCCNC(=O)C2CC(C(=O)N3CCc4ccccc4C3)CC21. The summed E-state index contributed by atoms with van der Waals surface area (Å²) in [5.41, 5.74) is 3.10. The molecule has 0 radical (unpaired) electrons. The molecule has 0 aromatic heterocycles. The first-order valence-corrected chi connectivity index (χ1v) is 14.5. The van der Waals surface area contributed by atoms with Crippen molar-refractivity contribution >= 4 is 23.5 Å². The number of amides is 4. The molecular weight excluding hydrogens is 492 g/mol. The van der Waals surface area contributed by atoms with Gasteiger partial charge >= 0.3 is 6.03 Å². The van der Waals surface area contributed by atoms with E-state index in [0.717, 1.165) is 32.1 Å². The molecule has 2 heterocycles. The number of carbonyl (C=O) groups is 3. The van der Waals surface area contributed by atoms with Crippen molar-refractivity contribution in [3.05, 3.63) is 59.7 Å². The maximum Gasteiger partial charge on any atom is 0.322 e. The highest BCUT2D eigenvalue weighted by molar-refractivity contribution is 5.92. The van der Waals surface area contributed by atoms with Crippen molar-refractivity contribution < 1.29 is 19.1 Å². The summed E-state index contributed by atoms with van der Waals surface area (Å²) in [5, 5.41) is 6.14. The number of urea groups is 1. The highest BCUT2D eigenvalue weighted by atomic mass is 16.5. The first-order valence-electron chi connectivity index (χ1n) is 14.5. The van der Waals surface area contributed by atoms with Gasteiger partial charge in [-0.15, -0.1) is 0 Å². The molecule has 3 unspecified atom stereocenters. The summed E-state index contributed by atoms with van der Waals surface area (Å²) in [6, 6.07) is 15.1. The molecule has 2 aliphatic heterocycles. The molecule has 8 heteroatoms. The molecule has 2 fully saturated rings. The number of ether oxygens (including phenoxy) is 1. The maximum atomic E-state index is 13.8. The van der Waals surface area contributed by atoms with Crippen LogP contribution in [-0.2, 0) is 22.6 Å². The summed E-state index contributed by atoms with van der Waals surface area (Å²) in [6.07, 6.45) is 5.59. The van der Waals surface area contributed by atoms with Crippen molar-refractivity contribution in [1.82, 2.24) is 15.1 Å². The fourth-order valence-corrected chi connectivity index (χ4v) is 6.35. The van der Waals surface area contributed by atoms with Gasteiger partial charge in [0.2, 0.25) is 11.8 Å². The van der Waals surface area contributed by atoms with Crippen LogP contribution in [-0.4, -0.2) is 59.9 Å². The van der Waals surface area contributed by atoms with Gasteiger partial charge in [-0.1, -0.05) is 49.2 Å². The number of para-hydroxylation sites is 2. The predicted molar refractivity (Wildman–Crippen MR) is 150 cm³/mol. The summed E-state index contributed by atoms with van der Waals surface area (Å²) in [4.78, 5) is 44.7. The molecule has 2 N–H and O–H groups in total. The zero-order valence-electron chi connectivity index (χ0n) is 22.9. The van der Waals surface area contributed by atoms with E-state index in [9.17, 15) is 14.4 Å². The van der Waals surface area contributed by atoms with Crippen LogP contribution in [0.1, 0.15) is 56.6 Å². The fourth-order valence-electron chi connectivity index (χ4n) is 6.35. The Balaban J connectivity index is 1.37. The number of benzene rings is 2. The summed E-state index contributed by atoms with van der Waals surface area (Å²) in [7, 11) is 0. The maximum absolute atomic E-state index is 13.8. The quantitative estimate of drug-likeness (QED) is 0.603. The molecule has 3 aliphatic rings. The number of fused-ring (bicyclic) bond motifs is 2. The smallest absolute Gasteiger partial charge is 0.322 e. The van der Waals surface area contributed by atoms with E-state index in [1.54, 1.807) is 0 Å². The number of anilines is 1. The van der Waals surface area contributed by atoms with Gasteiger partial charge < -0.3 is 25.2 Å². The topological polar surface area (TPSA) is 91.0 Å². The number of hydrogen-bond acceptors (Lipinski definition) is 4. The second-order valence-electron chi connectivity index (χ2n) is 10.9. The van der Waals surface area contributed by atoms with E-state index in [-0.39, 0.29) is 29.8 Å². The molecular formula is C31H40N4O4. The molecule has 1 saturated carbocycles. The van der Waals surface area contributed by atoms with E-state index in [1.807, 2.05) is 53.1 Å². The highest BCUT2D eigenvalue weighted by Crippen LogP contribution is 2.38. The molecule has 4 amide bonds. The molecule has 0 bridgehead atoms. The van der Waals surface area contributed by atoms with Crippen molar-refractivity contribution in [2.75, 3.05) is 31.6 Å². The van der Waals surface area contributed by atoms with Crippen molar-refractivity contribution in [2.45, 2.75) is 64.5 Å². The lowest BCUT2D eigenvalue weighted by molar-refractivity contribution is -0.136. The summed E-state index contributed by atoms with van der Waals surface area (Å²) < 4.78 is 5.72. The normalized spacial score (nSPS) is 23.6. The van der Waals surface area contributed by atoms with Gasteiger partial charge in [-0.3, -0.25) is 9.59 Å². The lowest BCUT2D eigenvalue weighted by atomic mass is 9.97. The summed E-state index contributed by atoms with van der Waals surface area (Å²) >= 11 is 0. The average Bonchev–Trinajstić information content (AvgIpc) is 3.39. The molecule has 5 rings (SSSR count). The zero-order chi connectivity index (χ0) is 27.2. The Morgan fingerprint density at radius 3 is 2.59 bits per heavy atom. The van der Waals surface area contributed by atoms with E-state index in [1.165, 1.54) is 11.1 Å². The van der Waals surface area contributed by atoms with Crippen LogP contribution < -0.4 is 15.4 Å². The molecule has 1 aliphatic carbocycles. The van der Waals surface area contributed by atoms with Crippen LogP contribution in [0.15, 0.2) is 48.5 Å². The van der Waals surface area contributed by atoms with E-state index in [0.29, 0.717) is 57.1 Å². The fraction of sp³-hybridized carbons (Fsp3) is 0.516. The van der Waals surface area contributed by atoms with E-state index < -0.39 is 5.92 Å². The van der Waals surface area contributed by atoms with Gasteiger partial charge in [0, 0.05) is 38.1 Å². The second-order valence-corrected chi connectivity index (χ2v) is 10.9. The Hall–Kier alpha value is -3.55. The Labute approximate surface area is 231 Å². The molecule has 3 atom stereocenters. The molecule has 2 aromatic rings. The van der Waals surface area contributed by atoms with E-state index in [2.05, 4.69) is 22.8 Å². The predicted octanol–water partition coefficient (Wildman–Crippen LogP) is 4.59. The number of nitrogens with zero attached hydrogens (tertiary/aromatic N) is 2. The lowest BCUT2D eigenvalue weighted by Gasteiger charge is -2.33. The van der Waals surface area contributed by atoms with Gasteiger partial charge in [-0.2, -0.15) is 0 Å². The Bertz CT molecular complexity index is 1180. The third-order valence-corrected chi connectivity index (χ3v) is 8.37. The largest absolute Gasteiger partial charge is 0.492 e. The van der Waals surface area contributed by atoms with Crippen LogP contribution in [0, 0.1) is 11.8 Å². The van der Waals surface area contributed by atoms with Crippen LogP contribution in [0.3, 0.4) is 0 Å². The van der Waals surface area contributed by atoms with Crippen LogP contribution in [0.2, 0.25) is 0 Å². The lowest BCUT2D eigenvalue weighted by Crippen LogP contribution is -2.49. The van der Waals surface area contributed by atoms with Crippen LogP contribution in [0.25, 0.3) is 0 Å². The molecule has 1 saturated heterocycles. The van der Waals surface area contributed by atoms with Gasteiger partial charge in [-0.25, -0.2) is 4.79 Å². The average molecular weight is 533 g/mol. The minimum Gasteiger partial charge on any atom is -0.492 e. The van der Waals surface area contributed by atoms with Gasteiger partial charge in [0.15, 0.2) is 0 Å². The van der Waals surface area contributed by atoms with Crippen molar-refractivity contribution in [1.29, 1.82) is 0 Å². The van der Waals surface area contributed by atoms with Gasteiger partial charge in [0.05, 0.1) is 18.2 Å². The van der Waals surface area contributed by atoms with E-state index >= 15 is 0 Å². The Morgan fingerprint density at radius 1 is 0.974 bits per heavy atom. The number of carbonyl (C=O) groups excluding carboxylic acids is 3. The Morgan fingerprint density at radius 2 is 1.74 bits per heavy atom. The molecule has 8 nitrogen and oxygen atoms in total. The zero-order valence-corrected chi connectivity index (χ0v) is 22.9. The van der Waals surface area contributed by atoms with Crippen LogP contribution in [0.4, 0.5) is 10.5 Å². The van der Waals surface area contributed by atoms with Gasteiger partial charge in [0.25, 0.3) is 0 Å². The summed E-state index contributed by atoms with van der Waals surface area (Å²) in [6.45, 7) is 4.88. The number of rotatable bonds is 4. The first kappa shape index (κ1) is 27.0. The standard InChI is InChI=1S/C31H40N4O4/c1-2-39-28-14-8-7-13-26(28)33-31(38)35-17-10-4-3-9-16-32-29(36)25-19-24(20-27(25)35)30(37)34-18-15-22-11-5-6-12-23(22)21-34/h5-8,11-14,24-25,27H,2-4,9-10,15-21H2,1H3,(H,32,36)(H,33,38). The second kappa shape index (κ2) is 12.5. The monoisotopic (exact) mass is 532 g/mol. The van der Waals surface area contributed by atoms with Gasteiger partial charge in [-0.05, 0) is 62.3 Å². The minimum absolute atomic E-state index is 0.0475. The molecule has 208 valence electrons. The summed E-state index contributed by atoms with van der Waals surface area (Å²) in [5.74, 6) is -0.0370. The molecule has 2 aromatic carbocycles. The highest BCUT2D eigenvalue weighted by Gasteiger charge is 2.46. The molecule has 0 spiro atoms. The van der Waals surface area contributed by atoms with Gasteiger partial charge in [0.1, 0.15) is 5.75 Å². The third-order valence-electron chi connectivity index (χ3n) is 8.37. The third kappa shape index (κ3) is 6.21.